The van der Waals surface area contributed by atoms with Gasteiger partial charge in [0, 0.05) is 37.7 Å². The standard InChI is InChI=1S/C24H18Cl2N8O/c1-33-13-19(23(26)32-33)31-24-29-7-4-18(30-24)16-9-14-5-8-34(21(14)17(10-16)12-27)20(35)11-15-3-2-6-28-22(15)25/h2-4,6-7,9-10,13H,5,8,11H2,1H3,(H,29,30,31). The van der Waals surface area contributed by atoms with Crippen LogP contribution in [0.3, 0.4) is 0 Å². The van der Waals surface area contributed by atoms with Crippen molar-refractivity contribution < 1.29 is 4.79 Å². The van der Waals surface area contributed by atoms with Crippen molar-refractivity contribution in [1.29, 1.82) is 5.26 Å². The van der Waals surface area contributed by atoms with Crippen molar-refractivity contribution in [2.45, 2.75) is 12.8 Å². The molecule has 1 N–H and O–H groups in total. The highest BCUT2D eigenvalue weighted by Crippen LogP contribution is 2.36. The Morgan fingerprint density at radius 3 is 2.80 bits per heavy atom. The van der Waals surface area contributed by atoms with Crippen molar-refractivity contribution in [3.63, 3.8) is 0 Å². The molecule has 1 aliphatic heterocycles. The van der Waals surface area contributed by atoms with Crippen molar-refractivity contribution in [1.82, 2.24) is 24.7 Å². The number of aromatic nitrogens is 5. The summed E-state index contributed by atoms with van der Waals surface area (Å²) in [5.74, 6) is 0.214. The molecule has 0 atom stereocenters. The lowest BCUT2D eigenvalue weighted by Gasteiger charge is -2.19. The van der Waals surface area contributed by atoms with Gasteiger partial charge in [0.1, 0.15) is 11.2 Å². The van der Waals surface area contributed by atoms with Crippen LogP contribution in [0.15, 0.2) is 48.9 Å². The normalized spacial score (nSPS) is 12.3. The van der Waals surface area contributed by atoms with E-state index in [0.717, 1.165) is 11.1 Å². The summed E-state index contributed by atoms with van der Waals surface area (Å²) in [5.41, 5.74) is 4.58. The monoisotopic (exact) mass is 504 g/mol. The van der Waals surface area contributed by atoms with Crippen molar-refractivity contribution in [2.75, 3.05) is 16.8 Å². The molecule has 4 heterocycles. The highest BCUT2D eigenvalue weighted by Gasteiger charge is 2.29. The molecule has 1 aromatic carbocycles. The molecule has 0 aliphatic carbocycles. The molecule has 0 fully saturated rings. The number of hydrogen-bond acceptors (Lipinski definition) is 7. The first-order chi connectivity index (χ1) is 16.9. The van der Waals surface area contributed by atoms with Gasteiger partial charge in [-0.05, 0) is 41.8 Å². The molecule has 0 spiro atoms. The number of nitrogens with zero attached hydrogens (tertiary/aromatic N) is 7. The lowest BCUT2D eigenvalue weighted by atomic mass is 10.0. The Labute approximate surface area is 211 Å². The summed E-state index contributed by atoms with van der Waals surface area (Å²) >= 11 is 12.3. The van der Waals surface area contributed by atoms with Gasteiger partial charge < -0.3 is 10.2 Å². The van der Waals surface area contributed by atoms with E-state index in [1.807, 2.05) is 6.07 Å². The zero-order valence-corrected chi connectivity index (χ0v) is 20.0. The molecule has 9 nitrogen and oxygen atoms in total. The Morgan fingerprint density at radius 1 is 1.20 bits per heavy atom. The molecule has 0 saturated carbocycles. The topological polar surface area (TPSA) is 113 Å². The average molecular weight is 505 g/mol. The first-order valence-corrected chi connectivity index (χ1v) is 11.4. The van der Waals surface area contributed by atoms with Crippen molar-refractivity contribution in [2.24, 2.45) is 7.05 Å². The predicted octanol–water partition coefficient (Wildman–Crippen LogP) is 4.33. The number of pyridine rings is 1. The maximum absolute atomic E-state index is 13.1. The third-order valence-electron chi connectivity index (χ3n) is 5.64. The molecule has 0 unspecified atom stereocenters. The molecule has 1 aliphatic rings. The van der Waals surface area contributed by atoms with Gasteiger partial charge in [0.05, 0.1) is 29.1 Å². The lowest BCUT2D eigenvalue weighted by Crippen LogP contribution is -2.31. The molecule has 1 amide bonds. The summed E-state index contributed by atoms with van der Waals surface area (Å²) in [6.45, 7) is 0.486. The zero-order chi connectivity index (χ0) is 24.5. The fraction of sp³-hybridized carbons (Fsp3) is 0.167. The number of carbonyl (C=O) groups is 1. The van der Waals surface area contributed by atoms with Crippen molar-refractivity contribution in [3.05, 3.63) is 75.9 Å². The summed E-state index contributed by atoms with van der Waals surface area (Å²) in [6.07, 6.45) is 5.67. The minimum Gasteiger partial charge on any atom is -0.320 e. The number of fused-ring (bicyclic) bond motifs is 1. The third kappa shape index (κ3) is 4.54. The van der Waals surface area contributed by atoms with E-state index in [4.69, 9.17) is 23.2 Å². The zero-order valence-electron chi connectivity index (χ0n) is 18.5. The number of nitrogens with one attached hydrogen (secondary N) is 1. The Hall–Kier alpha value is -4.00. The summed E-state index contributed by atoms with van der Waals surface area (Å²) in [4.78, 5) is 27.6. The predicted molar refractivity (Wildman–Crippen MR) is 133 cm³/mol. The molecule has 0 saturated heterocycles. The smallest absolute Gasteiger partial charge is 0.231 e. The molecule has 174 valence electrons. The van der Waals surface area contributed by atoms with E-state index in [2.05, 4.69) is 31.4 Å². The number of nitriles is 1. The van der Waals surface area contributed by atoms with Crippen molar-refractivity contribution in [3.8, 4) is 17.3 Å². The van der Waals surface area contributed by atoms with Gasteiger partial charge >= 0.3 is 0 Å². The highest BCUT2D eigenvalue weighted by atomic mass is 35.5. The molecule has 5 rings (SSSR count). The molecular formula is C24H18Cl2N8O. The molecule has 11 heteroatoms. The van der Waals surface area contributed by atoms with Crippen LogP contribution in [0, 0.1) is 11.3 Å². The van der Waals surface area contributed by atoms with Crippen LogP contribution in [-0.2, 0) is 24.7 Å². The number of hydrogen-bond donors (Lipinski definition) is 1. The fourth-order valence-electron chi connectivity index (χ4n) is 4.09. The number of aryl methyl sites for hydroxylation is 1. The van der Waals surface area contributed by atoms with Gasteiger partial charge in [-0.1, -0.05) is 29.3 Å². The Morgan fingerprint density at radius 2 is 2.06 bits per heavy atom. The SMILES string of the molecule is Cn1cc(Nc2nccc(-c3cc(C#N)c4c(c3)CCN4C(=O)Cc3cccnc3Cl)n2)c(Cl)n1. The second-order valence-corrected chi connectivity index (χ2v) is 8.68. The first-order valence-electron chi connectivity index (χ1n) is 10.7. The van der Waals surface area contributed by atoms with Crippen LogP contribution in [0.1, 0.15) is 16.7 Å². The number of carbonyl (C=O) groups excluding carboxylic acids is 1. The Kier molecular flexibility index (Phi) is 6.07. The van der Waals surface area contributed by atoms with Crippen LogP contribution in [0.2, 0.25) is 10.3 Å². The van der Waals surface area contributed by atoms with Gasteiger partial charge in [-0.15, -0.1) is 0 Å². The van der Waals surface area contributed by atoms with E-state index in [1.165, 1.54) is 0 Å². The number of halogens is 2. The molecule has 4 aromatic rings. The number of amides is 1. The van der Waals surface area contributed by atoms with E-state index >= 15 is 0 Å². The van der Waals surface area contributed by atoms with Gasteiger partial charge in [0.25, 0.3) is 0 Å². The summed E-state index contributed by atoms with van der Waals surface area (Å²) in [7, 11) is 1.77. The second kappa shape index (κ2) is 9.33. The second-order valence-electron chi connectivity index (χ2n) is 7.97. The van der Waals surface area contributed by atoms with E-state index in [9.17, 15) is 10.1 Å². The van der Waals surface area contributed by atoms with Gasteiger partial charge in [0.2, 0.25) is 11.9 Å². The minimum absolute atomic E-state index is 0.108. The number of rotatable bonds is 5. The van der Waals surface area contributed by atoms with Gasteiger partial charge in [0.15, 0.2) is 5.15 Å². The van der Waals surface area contributed by atoms with Gasteiger partial charge in [-0.2, -0.15) is 10.4 Å². The molecular weight excluding hydrogens is 487 g/mol. The summed E-state index contributed by atoms with van der Waals surface area (Å²) in [5, 5.41) is 17.7. The third-order valence-corrected chi connectivity index (χ3v) is 6.26. The van der Waals surface area contributed by atoms with Crippen molar-refractivity contribution >= 4 is 46.4 Å². The Bertz CT molecular complexity index is 1490. The summed E-state index contributed by atoms with van der Waals surface area (Å²) in [6, 6.07) is 11.2. The molecule has 3 aromatic heterocycles. The van der Waals surface area contributed by atoms with Gasteiger partial charge in [-0.3, -0.25) is 9.48 Å². The highest BCUT2D eigenvalue weighted by molar-refractivity contribution is 6.32. The van der Waals surface area contributed by atoms with Crippen LogP contribution in [-0.4, -0.2) is 37.2 Å². The summed E-state index contributed by atoms with van der Waals surface area (Å²) < 4.78 is 1.59. The van der Waals surface area contributed by atoms with E-state index < -0.39 is 0 Å². The van der Waals surface area contributed by atoms with Gasteiger partial charge in [-0.25, -0.2) is 15.0 Å². The minimum atomic E-state index is -0.134. The quantitative estimate of drug-likeness (QED) is 0.402. The number of benzene rings is 1. The number of anilines is 3. The Balaban J connectivity index is 1.44. The van der Waals surface area contributed by atoms with E-state index in [1.54, 1.807) is 59.5 Å². The van der Waals surface area contributed by atoms with E-state index in [-0.39, 0.29) is 12.3 Å². The molecule has 0 bridgehead atoms. The average Bonchev–Trinajstić information content (AvgIpc) is 3.42. The molecule has 35 heavy (non-hydrogen) atoms. The molecule has 0 radical (unpaired) electrons. The largest absolute Gasteiger partial charge is 0.320 e. The maximum atomic E-state index is 13.1. The fourth-order valence-corrected chi connectivity index (χ4v) is 4.49. The maximum Gasteiger partial charge on any atom is 0.231 e. The van der Waals surface area contributed by atoms with Crippen LogP contribution in [0.5, 0.6) is 0 Å². The lowest BCUT2D eigenvalue weighted by molar-refractivity contribution is -0.117. The first kappa shape index (κ1) is 22.8. The van der Waals surface area contributed by atoms with Crippen LogP contribution in [0.25, 0.3) is 11.3 Å². The van der Waals surface area contributed by atoms with Crippen LogP contribution in [0.4, 0.5) is 17.3 Å². The van der Waals surface area contributed by atoms with Crippen LogP contribution >= 0.6 is 23.2 Å². The van der Waals surface area contributed by atoms with Crippen LogP contribution < -0.4 is 10.2 Å². The van der Waals surface area contributed by atoms with E-state index in [0.29, 0.717) is 57.4 Å².